The molecule has 2 N–H and O–H groups in total. The first-order chi connectivity index (χ1) is 17.9. The number of nitriles is 1. The van der Waals surface area contributed by atoms with Crippen molar-refractivity contribution >= 4 is 18.0 Å². The maximum atomic E-state index is 13.4. The Morgan fingerprint density at radius 3 is 2.24 bits per heavy atom. The van der Waals surface area contributed by atoms with Gasteiger partial charge in [-0.3, -0.25) is 10.1 Å². The maximum Gasteiger partial charge on any atom is 0.413 e. The quantitative estimate of drug-likeness (QED) is 0.219. The number of hydrogen-bond donors (Lipinski definition) is 2. The van der Waals surface area contributed by atoms with Gasteiger partial charge in [0.2, 0.25) is 11.9 Å². The highest BCUT2D eigenvalue weighted by atomic mass is 16.5. The van der Waals surface area contributed by atoms with Gasteiger partial charge in [0.05, 0.1) is 25.9 Å². The molecule has 3 aliphatic rings. The Labute approximate surface area is 220 Å². The van der Waals surface area contributed by atoms with Gasteiger partial charge >= 0.3 is 6.09 Å². The Hall–Kier alpha value is -2.46. The van der Waals surface area contributed by atoms with Crippen LogP contribution < -0.4 is 10.6 Å². The number of rotatable bonds is 11. The van der Waals surface area contributed by atoms with Crippen molar-refractivity contribution in [3.63, 3.8) is 0 Å². The minimum atomic E-state index is -0.764. The molecule has 3 saturated heterocycles. The Morgan fingerprint density at radius 2 is 1.65 bits per heavy atom. The van der Waals surface area contributed by atoms with Crippen LogP contribution in [0.1, 0.15) is 32.1 Å². The van der Waals surface area contributed by atoms with Crippen molar-refractivity contribution in [2.45, 2.75) is 44.2 Å². The molecule has 0 radical (unpaired) electrons. The third-order valence-electron chi connectivity index (χ3n) is 6.83. The number of carbonyl (C=O) groups excluding carboxylic acids is 2. The number of nitrogens with one attached hydrogen (secondary N) is 2. The summed E-state index contributed by atoms with van der Waals surface area (Å²) in [6.45, 7) is 7.87. The fourth-order valence-electron chi connectivity index (χ4n) is 4.79. The van der Waals surface area contributed by atoms with Crippen molar-refractivity contribution in [2.24, 2.45) is 4.99 Å². The predicted octanol–water partition coefficient (Wildman–Crippen LogP) is -0.0789. The van der Waals surface area contributed by atoms with E-state index >= 15 is 0 Å². The average Bonchev–Trinajstić information content (AvgIpc) is 3.60. The Balaban J connectivity index is 1.71. The lowest BCUT2D eigenvalue weighted by molar-refractivity contribution is -0.123. The van der Waals surface area contributed by atoms with Crippen LogP contribution >= 0.6 is 0 Å². The number of guanidine groups is 1. The fraction of sp³-hybridized carbons (Fsp3) is 0.840. The van der Waals surface area contributed by atoms with Gasteiger partial charge in [0.15, 0.2) is 0 Å². The molecule has 0 saturated carbocycles. The van der Waals surface area contributed by atoms with E-state index in [-0.39, 0.29) is 5.91 Å². The Bertz CT molecular complexity index is 784. The van der Waals surface area contributed by atoms with Crippen LogP contribution in [-0.2, 0) is 14.3 Å². The summed E-state index contributed by atoms with van der Waals surface area (Å²) in [6, 6.07) is 0.866. The largest absolute Gasteiger partial charge is 0.449 e. The molecule has 0 aliphatic carbocycles. The number of morpholine rings is 1. The maximum absolute atomic E-state index is 13.4. The molecule has 0 aromatic heterocycles. The first-order valence-corrected chi connectivity index (χ1v) is 13.6. The molecule has 0 aromatic rings. The van der Waals surface area contributed by atoms with Crippen molar-refractivity contribution < 1.29 is 19.1 Å². The van der Waals surface area contributed by atoms with Crippen LogP contribution in [0, 0.1) is 11.3 Å². The average molecular weight is 521 g/mol. The van der Waals surface area contributed by atoms with E-state index in [1.807, 2.05) is 23.9 Å². The topological polar surface area (TPSA) is 126 Å². The molecule has 0 aromatic carbocycles. The summed E-state index contributed by atoms with van der Waals surface area (Å²) < 4.78 is 10.8. The first-order valence-electron chi connectivity index (χ1n) is 13.6. The highest BCUT2D eigenvalue weighted by Crippen LogP contribution is 2.12. The molecule has 3 aliphatic heterocycles. The van der Waals surface area contributed by atoms with Crippen LogP contribution in [0.2, 0.25) is 0 Å². The third kappa shape index (κ3) is 10.4. The minimum absolute atomic E-state index is 0.290. The van der Waals surface area contributed by atoms with Crippen LogP contribution in [0.5, 0.6) is 0 Å². The van der Waals surface area contributed by atoms with Gasteiger partial charge < -0.3 is 34.4 Å². The molecule has 208 valence electrons. The number of carbonyl (C=O) groups is 2. The van der Waals surface area contributed by atoms with Crippen molar-refractivity contribution in [3.05, 3.63) is 0 Å². The second-order valence-corrected chi connectivity index (χ2v) is 10.2. The van der Waals surface area contributed by atoms with Gasteiger partial charge in [0.25, 0.3) is 0 Å². The van der Waals surface area contributed by atoms with E-state index < -0.39 is 18.2 Å². The summed E-state index contributed by atoms with van der Waals surface area (Å²) in [5, 5.41) is 15.4. The molecule has 3 heterocycles. The number of amides is 2. The third-order valence-corrected chi connectivity index (χ3v) is 6.83. The van der Waals surface area contributed by atoms with Crippen molar-refractivity contribution in [2.75, 3.05) is 92.8 Å². The van der Waals surface area contributed by atoms with E-state index in [4.69, 9.17) is 14.5 Å². The molecule has 3 fully saturated rings. The van der Waals surface area contributed by atoms with Crippen LogP contribution in [0.25, 0.3) is 0 Å². The number of aliphatic imine (C=N–C) groups is 1. The van der Waals surface area contributed by atoms with Gasteiger partial charge in [0, 0.05) is 32.7 Å². The first kappa shape index (κ1) is 29.1. The Kier molecular flexibility index (Phi) is 12.4. The molecule has 12 nitrogen and oxygen atoms in total. The standard InChI is InChI=1S/C25H44N8O4/c1-30(2)8-7-15-37-25(35)29-24(33-13-16-36-17-14-33)28-22(20-32-11-5-6-12-32)23(34)27-21(18-26)19-31-9-3-4-10-31/h21-22H,3-17,19-20H2,1-2H3,(H,27,34)(H,28,29,35). The highest BCUT2D eigenvalue weighted by Gasteiger charge is 2.29. The molecular formula is C25H44N8O4. The molecule has 2 amide bonds. The van der Waals surface area contributed by atoms with E-state index in [1.54, 1.807) is 0 Å². The number of nitrogens with zero attached hydrogens (tertiary/aromatic N) is 6. The highest BCUT2D eigenvalue weighted by molar-refractivity contribution is 5.96. The monoisotopic (exact) mass is 520 g/mol. The lowest BCUT2D eigenvalue weighted by Crippen LogP contribution is -2.52. The van der Waals surface area contributed by atoms with Gasteiger partial charge in [0.1, 0.15) is 12.1 Å². The predicted molar refractivity (Wildman–Crippen MR) is 140 cm³/mol. The lowest BCUT2D eigenvalue weighted by Gasteiger charge is -2.31. The zero-order chi connectivity index (χ0) is 26.5. The zero-order valence-corrected chi connectivity index (χ0v) is 22.5. The minimum Gasteiger partial charge on any atom is -0.449 e. The molecule has 3 rings (SSSR count). The molecule has 0 bridgehead atoms. The molecular weight excluding hydrogens is 476 g/mol. The number of alkyl carbamates (subject to hydrolysis) is 1. The van der Waals surface area contributed by atoms with Crippen molar-refractivity contribution in [3.8, 4) is 6.07 Å². The summed E-state index contributed by atoms with van der Waals surface area (Å²) in [4.78, 5) is 39.2. The summed E-state index contributed by atoms with van der Waals surface area (Å²) in [7, 11) is 3.94. The fourth-order valence-corrected chi connectivity index (χ4v) is 4.79. The van der Waals surface area contributed by atoms with Gasteiger partial charge in [-0.15, -0.1) is 0 Å². The van der Waals surface area contributed by atoms with Crippen LogP contribution in [0.15, 0.2) is 4.99 Å². The van der Waals surface area contributed by atoms with Crippen LogP contribution in [-0.4, -0.2) is 142 Å². The smallest absolute Gasteiger partial charge is 0.413 e. The van der Waals surface area contributed by atoms with Crippen LogP contribution in [0.4, 0.5) is 4.79 Å². The molecule has 0 spiro atoms. The van der Waals surface area contributed by atoms with Gasteiger partial charge in [-0.2, -0.15) is 5.26 Å². The van der Waals surface area contributed by atoms with Gasteiger partial charge in [-0.05, 0) is 72.4 Å². The molecule has 2 unspecified atom stereocenters. The van der Waals surface area contributed by atoms with E-state index in [9.17, 15) is 14.9 Å². The lowest BCUT2D eigenvalue weighted by atomic mass is 10.2. The van der Waals surface area contributed by atoms with E-state index in [1.165, 1.54) is 0 Å². The molecule has 2 atom stereocenters. The Morgan fingerprint density at radius 1 is 1.03 bits per heavy atom. The normalized spacial score (nSPS) is 21.0. The van der Waals surface area contributed by atoms with E-state index in [2.05, 4.69) is 26.5 Å². The summed E-state index contributed by atoms with van der Waals surface area (Å²) in [6.07, 6.45) is 4.54. The van der Waals surface area contributed by atoms with Crippen molar-refractivity contribution in [1.29, 1.82) is 5.26 Å². The van der Waals surface area contributed by atoms with Gasteiger partial charge in [-0.25, -0.2) is 9.79 Å². The number of likely N-dealkylation sites (tertiary alicyclic amines) is 2. The SMILES string of the molecule is CN(C)CCCOC(=O)NC(=NC(CN1CCCC1)C(=O)NC(C#N)CN1CCCC1)N1CCOCC1. The van der Waals surface area contributed by atoms with E-state index in [0.29, 0.717) is 52.0 Å². The summed E-state index contributed by atoms with van der Waals surface area (Å²) >= 11 is 0. The molecule has 37 heavy (non-hydrogen) atoms. The summed E-state index contributed by atoms with van der Waals surface area (Å²) in [5.41, 5.74) is 0. The number of hydrogen-bond acceptors (Lipinski definition) is 9. The van der Waals surface area contributed by atoms with E-state index in [0.717, 1.165) is 64.8 Å². The van der Waals surface area contributed by atoms with Gasteiger partial charge in [-0.1, -0.05) is 0 Å². The number of ether oxygens (including phenoxy) is 2. The second kappa shape index (κ2) is 15.7. The van der Waals surface area contributed by atoms with Crippen LogP contribution in [0.3, 0.4) is 0 Å². The zero-order valence-electron chi connectivity index (χ0n) is 22.5. The second-order valence-electron chi connectivity index (χ2n) is 10.2. The van der Waals surface area contributed by atoms with Crippen molar-refractivity contribution in [1.82, 2.24) is 30.2 Å². The summed E-state index contributed by atoms with van der Waals surface area (Å²) in [5.74, 6) is 0.0119. The molecule has 12 heteroatoms.